The summed E-state index contributed by atoms with van der Waals surface area (Å²) in [6.45, 7) is 6.24. The van der Waals surface area contributed by atoms with Crippen molar-refractivity contribution >= 4 is 29.1 Å². The first-order valence-electron chi connectivity index (χ1n) is 11.6. The van der Waals surface area contributed by atoms with Gasteiger partial charge in [0.25, 0.3) is 11.5 Å². The van der Waals surface area contributed by atoms with Crippen LogP contribution in [-0.2, 0) is 16.0 Å². The van der Waals surface area contributed by atoms with E-state index in [1.165, 1.54) is 0 Å². The van der Waals surface area contributed by atoms with E-state index in [0.29, 0.717) is 60.4 Å². The fourth-order valence-corrected chi connectivity index (χ4v) is 3.98. The summed E-state index contributed by atoms with van der Waals surface area (Å²) in [5.74, 6) is -0.0869. The van der Waals surface area contributed by atoms with Gasteiger partial charge in [-0.05, 0) is 50.1 Å². The first-order valence-corrected chi connectivity index (χ1v) is 11.6. The molecule has 0 saturated carbocycles. The minimum absolute atomic E-state index is 0.0797. The number of ether oxygens (including phenoxy) is 1. The van der Waals surface area contributed by atoms with Crippen molar-refractivity contribution in [3.8, 4) is 0 Å². The summed E-state index contributed by atoms with van der Waals surface area (Å²) in [7, 11) is 0. The fourth-order valence-electron chi connectivity index (χ4n) is 3.98. The molecule has 0 atom stereocenters. The Labute approximate surface area is 203 Å². The lowest BCUT2D eigenvalue weighted by molar-refractivity contribution is -0.116. The van der Waals surface area contributed by atoms with Gasteiger partial charge in [0, 0.05) is 36.5 Å². The number of carbonyl (C=O) groups is 2. The van der Waals surface area contributed by atoms with Crippen LogP contribution < -0.4 is 21.1 Å². The Bertz CT molecular complexity index is 1280. The smallest absolute Gasteiger partial charge is 0.257 e. The fraction of sp³-hybridized carbons (Fsp3) is 0.308. The summed E-state index contributed by atoms with van der Waals surface area (Å²) >= 11 is 0. The van der Waals surface area contributed by atoms with E-state index in [0.717, 1.165) is 5.56 Å². The lowest BCUT2D eigenvalue weighted by Crippen LogP contribution is -2.38. The third-order valence-electron chi connectivity index (χ3n) is 5.84. The molecule has 0 aliphatic carbocycles. The predicted molar refractivity (Wildman–Crippen MR) is 135 cm³/mol. The van der Waals surface area contributed by atoms with Crippen molar-refractivity contribution in [2.45, 2.75) is 26.7 Å². The van der Waals surface area contributed by atoms with Gasteiger partial charge in [-0.3, -0.25) is 19.4 Å². The zero-order valence-corrected chi connectivity index (χ0v) is 19.9. The highest BCUT2D eigenvalue weighted by atomic mass is 16.5. The molecule has 0 unspecified atom stereocenters. The average molecular weight is 476 g/mol. The van der Waals surface area contributed by atoms with E-state index < -0.39 is 0 Å². The normalized spacial score (nSPS) is 13.4. The predicted octanol–water partition coefficient (Wildman–Crippen LogP) is 3.05. The number of para-hydroxylation sites is 1. The van der Waals surface area contributed by atoms with Crippen LogP contribution in [0.15, 0.2) is 53.3 Å². The van der Waals surface area contributed by atoms with Crippen LogP contribution in [0.4, 0.5) is 17.3 Å². The monoisotopic (exact) mass is 475 g/mol. The Kier molecular flexibility index (Phi) is 7.57. The van der Waals surface area contributed by atoms with E-state index in [-0.39, 0.29) is 30.2 Å². The molecule has 1 aliphatic rings. The standard InChI is InChI=1S/C26H29N5O4/c1-17-6-5-7-19(16-17)28-25(34)21-8-3-4-9-22(21)29-23(32)11-10-20-18(2)27-26(30-24(20)33)31-12-14-35-15-13-31/h3-9,16H,10-15H2,1-2H3,(H,28,34)(H,29,32)(H,27,30,33). The number of hydrogen-bond donors (Lipinski definition) is 3. The van der Waals surface area contributed by atoms with Gasteiger partial charge in [-0.25, -0.2) is 4.98 Å². The number of nitrogens with one attached hydrogen (secondary N) is 3. The zero-order chi connectivity index (χ0) is 24.8. The Morgan fingerprint density at radius 2 is 1.83 bits per heavy atom. The van der Waals surface area contributed by atoms with E-state index in [9.17, 15) is 14.4 Å². The second kappa shape index (κ2) is 11.0. The number of H-pyrrole nitrogens is 1. The molecular formula is C26H29N5O4. The summed E-state index contributed by atoms with van der Waals surface area (Å²) < 4.78 is 5.35. The minimum atomic E-state index is -0.318. The quantitative estimate of drug-likeness (QED) is 0.484. The first kappa shape index (κ1) is 24.2. The lowest BCUT2D eigenvalue weighted by atomic mass is 10.1. The van der Waals surface area contributed by atoms with Gasteiger partial charge in [-0.2, -0.15) is 0 Å². The number of morpholine rings is 1. The molecule has 182 valence electrons. The van der Waals surface area contributed by atoms with E-state index in [2.05, 4.69) is 20.6 Å². The number of rotatable bonds is 7. The number of amides is 2. The van der Waals surface area contributed by atoms with Gasteiger partial charge in [-0.15, -0.1) is 0 Å². The summed E-state index contributed by atoms with van der Waals surface area (Å²) in [4.78, 5) is 47.6. The highest BCUT2D eigenvalue weighted by Gasteiger charge is 2.18. The Balaban J connectivity index is 1.40. The van der Waals surface area contributed by atoms with Gasteiger partial charge in [0.05, 0.1) is 24.5 Å². The molecule has 2 heterocycles. The molecule has 2 amide bonds. The molecular weight excluding hydrogens is 446 g/mol. The van der Waals surface area contributed by atoms with E-state index in [1.54, 1.807) is 31.2 Å². The van der Waals surface area contributed by atoms with E-state index >= 15 is 0 Å². The van der Waals surface area contributed by atoms with Crippen molar-refractivity contribution in [1.82, 2.24) is 9.97 Å². The maximum Gasteiger partial charge on any atom is 0.257 e. The molecule has 2 aromatic carbocycles. The van der Waals surface area contributed by atoms with Crippen molar-refractivity contribution in [2.24, 2.45) is 0 Å². The van der Waals surface area contributed by atoms with Crippen molar-refractivity contribution in [2.75, 3.05) is 41.8 Å². The van der Waals surface area contributed by atoms with Crippen molar-refractivity contribution in [1.29, 1.82) is 0 Å². The lowest BCUT2D eigenvalue weighted by Gasteiger charge is -2.27. The van der Waals surface area contributed by atoms with Gasteiger partial charge in [0.2, 0.25) is 11.9 Å². The third-order valence-corrected chi connectivity index (χ3v) is 5.84. The maximum absolute atomic E-state index is 12.8. The second-order valence-corrected chi connectivity index (χ2v) is 8.47. The van der Waals surface area contributed by atoms with Gasteiger partial charge in [-0.1, -0.05) is 24.3 Å². The van der Waals surface area contributed by atoms with E-state index in [1.807, 2.05) is 36.1 Å². The van der Waals surface area contributed by atoms with Crippen LogP contribution in [0, 0.1) is 13.8 Å². The molecule has 3 N–H and O–H groups in total. The van der Waals surface area contributed by atoms with Crippen LogP contribution in [0.25, 0.3) is 0 Å². The number of carbonyl (C=O) groups excluding carboxylic acids is 2. The first-order chi connectivity index (χ1) is 16.9. The second-order valence-electron chi connectivity index (χ2n) is 8.47. The summed E-state index contributed by atoms with van der Waals surface area (Å²) in [6, 6.07) is 14.3. The Morgan fingerprint density at radius 3 is 2.57 bits per heavy atom. The van der Waals surface area contributed by atoms with Gasteiger partial charge in [0.15, 0.2) is 0 Å². The molecule has 9 nitrogen and oxygen atoms in total. The van der Waals surface area contributed by atoms with Crippen LogP contribution in [0.3, 0.4) is 0 Å². The number of benzene rings is 2. The highest BCUT2D eigenvalue weighted by molar-refractivity contribution is 6.10. The summed E-state index contributed by atoms with van der Waals surface area (Å²) in [6.07, 6.45) is 0.317. The van der Waals surface area contributed by atoms with Crippen molar-refractivity contribution in [3.05, 3.63) is 81.3 Å². The number of hydrogen-bond acceptors (Lipinski definition) is 6. The molecule has 35 heavy (non-hydrogen) atoms. The molecule has 0 radical (unpaired) electrons. The molecule has 9 heteroatoms. The van der Waals surface area contributed by atoms with E-state index in [4.69, 9.17) is 4.74 Å². The summed E-state index contributed by atoms with van der Waals surface area (Å²) in [5.41, 5.74) is 3.30. The number of aromatic amines is 1. The zero-order valence-electron chi connectivity index (χ0n) is 19.9. The molecule has 1 fully saturated rings. The van der Waals surface area contributed by atoms with Gasteiger partial charge >= 0.3 is 0 Å². The molecule has 0 spiro atoms. The highest BCUT2D eigenvalue weighted by Crippen LogP contribution is 2.19. The molecule has 0 bridgehead atoms. The van der Waals surface area contributed by atoms with Gasteiger partial charge in [0.1, 0.15) is 0 Å². The van der Waals surface area contributed by atoms with Crippen LogP contribution in [0.5, 0.6) is 0 Å². The molecule has 1 saturated heterocycles. The maximum atomic E-state index is 12.8. The average Bonchev–Trinajstić information content (AvgIpc) is 2.84. The van der Waals surface area contributed by atoms with Crippen LogP contribution >= 0.6 is 0 Å². The molecule has 4 rings (SSSR count). The van der Waals surface area contributed by atoms with Crippen LogP contribution in [0.1, 0.15) is 33.6 Å². The van der Waals surface area contributed by atoms with Crippen molar-refractivity contribution < 1.29 is 14.3 Å². The Hall–Kier alpha value is -3.98. The number of anilines is 3. The third kappa shape index (κ3) is 6.13. The minimum Gasteiger partial charge on any atom is -0.378 e. The Morgan fingerprint density at radius 1 is 1.06 bits per heavy atom. The van der Waals surface area contributed by atoms with Crippen LogP contribution in [0.2, 0.25) is 0 Å². The molecule has 3 aromatic rings. The number of aromatic nitrogens is 2. The number of aryl methyl sites for hydroxylation is 2. The van der Waals surface area contributed by atoms with Crippen molar-refractivity contribution in [3.63, 3.8) is 0 Å². The van der Waals surface area contributed by atoms with Gasteiger partial charge < -0.3 is 20.3 Å². The SMILES string of the molecule is Cc1cccc(NC(=O)c2ccccc2NC(=O)CCc2c(C)nc(N3CCOCC3)[nH]c2=O)c1. The topological polar surface area (TPSA) is 116 Å². The number of nitrogens with zero attached hydrogens (tertiary/aromatic N) is 2. The molecule has 1 aliphatic heterocycles. The largest absolute Gasteiger partial charge is 0.378 e. The summed E-state index contributed by atoms with van der Waals surface area (Å²) in [5, 5.41) is 5.67. The molecule has 1 aromatic heterocycles. The van der Waals surface area contributed by atoms with Crippen LogP contribution in [-0.4, -0.2) is 48.1 Å².